The second-order valence-corrected chi connectivity index (χ2v) is 7.73. The van der Waals surface area contributed by atoms with Gasteiger partial charge < -0.3 is 19.9 Å². The number of benzene rings is 2. The number of likely N-dealkylation sites (N-methyl/N-ethyl adjacent to an activating group) is 1. The minimum absolute atomic E-state index is 0. The number of rotatable bonds is 8. The molecule has 0 radical (unpaired) electrons. The van der Waals surface area contributed by atoms with E-state index in [1.807, 2.05) is 55.4 Å². The van der Waals surface area contributed by atoms with E-state index in [4.69, 9.17) is 16.3 Å². The average Bonchev–Trinajstić information content (AvgIpc) is 2.70. The highest BCUT2D eigenvalue weighted by molar-refractivity contribution is 6.31. The maximum atomic E-state index is 12.9. The van der Waals surface area contributed by atoms with E-state index in [1.54, 1.807) is 0 Å². The first-order chi connectivity index (χ1) is 13.5. The number of nitrogens with zero attached hydrogens (tertiary/aromatic N) is 2. The van der Waals surface area contributed by atoms with Crippen LogP contribution < -0.4 is 10.1 Å². The first-order valence-electron chi connectivity index (χ1n) is 9.65. The van der Waals surface area contributed by atoms with Crippen LogP contribution in [0.1, 0.15) is 16.7 Å². The normalized spacial score (nSPS) is 12.4. The van der Waals surface area contributed by atoms with Gasteiger partial charge in [-0.1, -0.05) is 41.9 Å². The molecule has 30 heavy (non-hydrogen) atoms. The number of carbonyl (C=O) groups is 1. The Morgan fingerprint density at radius 1 is 1.10 bits per heavy atom. The molecule has 0 fully saturated rings. The summed E-state index contributed by atoms with van der Waals surface area (Å²) < 4.78 is 5.96. The Balaban J connectivity index is 0.00000225. The van der Waals surface area contributed by atoms with Crippen molar-refractivity contribution >= 4 is 42.3 Å². The highest BCUT2D eigenvalue weighted by atomic mass is 35.5. The number of fused-ring (bicyclic) bond motifs is 1. The van der Waals surface area contributed by atoms with Crippen LogP contribution in [0.5, 0.6) is 5.75 Å². The molecule has 0 aromatic heterocycles. The van der Waals surface area contributed by atoms with Crippen molar-refractivity contribution in [2.24, 2.45) is 0 Å². The van der Waals surface area contributed by atoms with Crippen LogP contribution in [0.25, 0.3) is 0 Å². The van der Waals surface area contributed by atoms with Gasteiger partial charge in [-0.15, -0.1) is 24.8 Å². The molecule has 1 aliphatic rings. The molecule has 0 saturated carbocycles. The summed E-state index contributed by atoms with van der Waals surface area (Å²) >= 11 is 6.30. The van der Waals surface area contributed by atoms with Crippen molar-refractivity contribution < 1.29 is 9.53 Å². The fourth-order valence-electron chi connectivity index (χ4n) is 3.31. The standard InChI is InChI=1S/C22H28ClN3O2.2ClH/c1-25(2)12-13-26(15-18-6-3-4-8-20(18)23)22(27)16-28-21-9-5-7-17-14-24-11-10-19(17)21;;/h3-9,24H,10-16H2,1-2H3;2*1H. The minimum atomic E-state index is -0.0340. The van der Waals surface area contributed by atoms with E-state index in [9.17, 15) is 4.79 Å². The van der Waals surface area contributed by atoms with Gasteiger partial charge in [0.2, 0.25) is 0 Å². The Hall–Kier alpha value is -1.50. The summed E-state index contributed by atoms with van der Waals surface area (Å²) in [6.45, 7) is 3.69. The molecule has 0 aliphatic carbocycles. The fraction of sp³-hybridized carbons (Fsp3) is 0.409. The summed E-state index contributed by atoms with van der Waals surface area (Å²) in [7, 11) is 4.00. The number of ether oxygens (including phenoxy) is 1. The molecule has 0 spiro atoms. The molecule has 0 unspecified atom stereocenters. The van der Waals surface area contributed by atoms with Crippen LogP contribution in [-0.4, -0.2) is 56.0 Å². The van der Waals surface area contributed by atoms with Crippen molar-refractivity contribution in [1.82, 2.24) is 15.1 Å². The van der Waals surface area contributed by atoms with E-state index in [0.717, 1.165) is 37.4 Å². The molecule has 0 bridgehead atoms. The molecular formula is C22H30Cl3N3O2. The van der Waals surface area contributed by atoms with Crippen LogP contribution >= 0.6 is 36.4 Å². The molecule has 3 rings (SSSR count). The maximum absolute atomic E-state index is 12.9. The first-order valence-corrected chi connectivity index (χ1v) is 10.0. The topological polar surface area (TPSA) is 44.8 Å². The van der Waals surface area contributed by atoms with E-state index in [1.165, 1.54) is 11.1 Å². The molecule has 166 valence electrons. The lowest BCUT2D eigenvalue weighted by Gasteiger charge is -2.26. The van der Waals surface area contributed by atoms with Crippen molar-refractivity contribution in [3.8, 4) is 5.75 Å². The van der Waals surface area contributed by atoms with Gasteiger partial charge in [-0.25, -0.2) is 0 Å². The van der Waals surface area contributed by atoms with Crippen molar-refractivity contribution in [3.63, 3.8) is 0 Å². The number of carbonyl (C=O) groups excluding carboxylic acids is 1. The van der Waals surface area contributed by atoms with Gasteiger partial charge in [0.15, 0.2) is 6.61 Å². The van der Waals surface area contributed by atoms with Gasteiger partial charge >= 0.3 is 0 Å². The Bertz CT molecular complexity index is 818. The van der Waals surface area contributed by atoms with Gasteiger partial charge in [-0.3, -0.25) is 4.79 Å². The first kappa shape index (κ1) is 26.5. The Kier molecular flexibility index (Phi) is 11.5. The third kappa shape index (κ3) is 7.33. The average molecular weight is 475 g/mol. The molecule has 0 saturated heterocycles. The summed E-state index contributed by atoms with van der Waals surface area (Å²) in [6.07, 6.45) is 0.920. The fourth-order valence-corrected chi connectivity index (χ4v) is 3.50. The van der Waals surface area contributed by atoms with Crippen LogP contribution in [0.4, 0.5) is 0 Å². The predicted molar refractivity (Wildman–Crippen MR) is 127 cm³/mol. The molecule has 0 atom stereocenters. The quantitative estimate of drug-likeness (QED) is 0.632. The van der Waals surface area contributed by atoms with Crippen LogP contribution in [0.3, 0.4) is 0 Å². The Labute approximate surface area is 196 Å². The number of halogens is 3. The molecule has 1 aliphatic heterocycles. The van der Waals surface area contributed by atoms with Gasteiger partial charge in [0.1, 0.15) is 5.75 Å². The van der Waals surface area contributed by atoms with Crippen molar-refractivity contribution in [2.45, 2.75) is 19.5 Å². The zero-order valence-corrected chi connectivity index (χ0v) is 19.8. The molecular weight excluding hydrogens is 445 g/mol. The lowest BCUT2D eigenvalue weighted by atomic mass is 10.0. The van der Waals surface area contributed by atoms with E-state index in [0.29, 0.717) is 18.1 Å². The van der Waals surface area contributed by atoms with Crippen molar-refractivity contribution in [3.05, 3.63) is 64.2 Å². The summed E-state index contributed by atoms with van der Waals surface area (Å²) in [5.74, 6) is 0.783. The molecule has 8 heteroatoms. The van der Waals surface area contributed by atoms with E-state index >= 15 is 0 Å². The number of nitrogens with one attached hydrogen (secondary N) is 1. The van der Waals surface area contributed by atoms with E-state index < -0.39 is 0 Å². The van der Waals surface area contributed by atoms with Gasteiger partial charge in [0.25, 0.3) is 5.91 Å². The monoisotopic (exact) mass is 473 g/mol. The van der Waals surface area contributed by atoms with Crippen molar-refractivity contribution in [2.75, 3.05) is 40.3 Å². The second kappa shape index (κ2) is 13.0. The van der Waals surface area contributed by atoms with Gasteiger partial charge in [-0.2, -0.15) is 0 Å². The van der Waals surface area contributed by atoms with Crippen LogP contribution in [0, 0.1) is 0 Å². The van der Waals surface area contributed by atoms with Crippen LogP contribution in [-0.2, 0) is 24.3 Å². The molecule has 2 aromatic carbocycles. The lowest BCUT2D eigenvalue weighted by molar-refractivity contribution is -0.134. The van der Waals surface area contributed by atoms with Crippen LogP contribution in [0.15, 0.2) is 42.5 Å². The van der Waals surface area contributed by atoms with Gasteiger partial charge in [0.05, 0.1) is 0 Å². The maximum Gasteiger partial charge on any atom is 0.260 e. The number of hydrogen-bond acceptors (Lipinski definition) is 4. The number of hydrogen-bond donors (Lipinski definition) is 1. The SMILES string of the molecule is CN(C)CCN(Cc1ccccc1Cl)C(=O)COc1cccc2c1CCNC2.Cl.Cl. The lowest BCUT2D eigenvalue weighted by Crippen LogP contribution is -2.39. The summed E-state index contributed by atoms with van der Waals surface area (Å²) in [6, 6.07) is 13.7. The highest BCUT2D eigenvalue weighted by Crippen LogP contribution is 2.25. The van der Waals surface area contributed by atoms with Crippen molar-refractivity contribution in [1.29, 1.82) is 0 Å². The van der Waals surface area contributed by atoms with E-state index in [-0.39, 0.29) is 37.3 Å². The largest absolute Gasteiger partial charge is 0.483 e. The zero-order valence-electron chi connectivity index (χ0n) is 17.4. The second-order valence-electron chi connectivity index (χ2n) is 7.32. The zero-order chi connectivity index (χ0) is 19.9. The smallest absolute Gasteiger partial charge is 0.260 e. The highest BCUT2D eigenvalue weighted by Gasteiger charge is 2.18. The molecule has 1 N–H and O–H groups in total. The summed E-state index contributed by atoms with van der Waals surface area (Å²) in [4.78, 5) is 16.8. The molecule has 5 nitrogen and oxygen atoms in total. The summed E-state index contributed by atoms with van der Waals surface area (Å²) in [5, 5.41) is 4.04. The van der Waals surface area contributed by atoms with Gasteiger partial charge in [-0.05, 0) is 55.9 Å². The summed E-state index contributed by atoms with van der Waals surface area (Å²) in [5.41, 5.74) is 3.40. The third-order valence-electron chi connectivity index (χ3n) is 4.94. The number of amides is 1. The van der Waals surface area contributed by atoms with Crippen LogP contribution in [0.2, 0.25) is 5.02 Å². The molecule has 1 amide bonds. The van der Waals surface area contributed by atoms with Gasteiger partial charge in [0, 0.05) is 31.2 Å². The third-order valence-corrected chi connectivity index (χ3v) is 5.31. The molecule has 2 aromatic rings. The Morgan fingerprint density at radius 2 is 1.87 bits per heavy atom. The predicted octanol–water partition coefficient (Wildman–Crippen LogP) is 3.80. The Morgan fingerprint density at radius 3 is 2.60 bits per heavy atom. The minimum Gasteiger partial charge on any atom is -0.483 e. The van der Waals surface area contributed by atoms with E-state index in [2.05, 4.69) is 16.3 Å². The molecule has 1 heterocycles.